The second-order valence-corrected chi connectivity index (χ2v) is 6.13. The van der Waals surface area contributed by atoms with Gasteiger partial charge in [-0.3, -0.25) is 4.90 Å². The molecule has 0 amide bonds. The first kappa shape index (κ1) is 16.8. The van der Waals surface area contributed by atoms with Crippen molar-refractivity contribution in [2.24, 2.45) is 0 Å². The van der Waals surface area contributed by atoms with Crippen LogP contribution in [-0.2, 0) is 17.2 Å². The third-order valence-corrected chi connectivity index (χ3v) is 4.84. The summed E-state index contributed by atoms with van der Waals surface area (Å²) >= 11 is 5.82. The van der Waals surface area contributed by atoms with Crippen LogP contribution in [0.2, 0.25) is 0 Å². The van der Waals surface area contributed by atoms with Gasteiger partial charge in [-0.1, -0.05) is 38.1 Å². The van der Waals surface area contributed by atoms with Crippen molar-refractivity contribution >= 4 is 11.6 Å². The zero-order valence-corrected chi connectivity index (χ0v) is 14.2. The number of likely N-dealkylation sites (tertiary alicyclic amines) is 1. The summed E-state index contributed by atoms with van der Waals surface area (Å²) in [6.07, 6.45) is 4.92. The number of hydrogen-bond acceptors (Lipinski definition) is 2. The van der Waals surface area contributed by atoms with E-state index in [9.17, 15) is 0 Å². The molecule has 2 aliphatic heterocycles. The largest absolute Gasteiger partial charge is 0.375 e. The molecule has 2 saturated heterocycles. The minimum atomic E-state index is 0.235. The van der Waals surface area contributed by atoms with E-state index in [1.54, 1.807) is 0 Å². The van der Waals surface area contributed by atoms with Crippen molar-refractivity contribution in [1.29, 1.82) is 0 Å². The molecule has 118 valence electrons. The molecule has 2 fully saturated rings. The maximum Gasteiger partial charge on any atom is 0.0707 e. The molecule has 0 unspecified atom stereocenters. The van der Waals surface area contributed by atoms with E-state index in [-0.39, 0.29) is 5.60 Å². The fraction of sp³-hybridized carbons (Fsp3) is 0.667. The summed E-state index contributed by atoms with van der Waals surface area (Å²) < 4.78 is 5.97. The van der Waals surface area contributed by atoms with E-state index in [0.717, 1.165) is 26.2 Å². The third kappa shape index (κ3) is 4.45. The standard InChI is InChI=1S/C16H22ClNO.C2H6/c17-12-14-2-4-15(5-3-14)13-18-9-7-16(8-10-18)6-1-11-19-16;1-2/h2-5H,1,6-13H2;1-2H3. The van der Waals surface area contributed by atoms with E-state index < -0.39 is 0 Å². The van der Waals surface area contributed by atoms with Gasteiger partial charge in [0.15, 0.2) is 0 Å². The van der Waals surface area contributed by atoms with Crippen molar-refractivity contribution in [3.8, 4) is 0 Å². The van der Waals surface area contributed by atoms with Crippen molar-refractivity contribution in [3.63, 3.8) is 0 Å². The van der Waals surface area contributed by atoms with Crippen LogP contribution in [0.15, 0.2) is 24.3 Å². The molecule has 0 bridgehead atoms. The van der Waals surface area contributed by atoms with Crippen LogP contribution in [0.4, 0.5) is 0 Å². The Labute approximate surface area is 134 Å². The van der Waals surface area contributed by atoms with Crippen LogP contribution in [0, 0.1) is 0 Å². The lowest BCUT2D eigenvalue weighted by Crippen LogP contribution is -2.43. The quantitative estimate of drug-likeness (QED) is 0.757. The van der Waals surface area contributed by atoms with Crippen molar-refractivity contribution in [2.75, 3.05) is 19.7 Å². The number of rotatable bonds is 3. The van der Waals surface area contributed by atoms with Gasteiger partial charge in [0.2, 0.25) is 0 Å². The summed E-state index contributed by atoms with van der Waals surface area (Å²) in [4.78, 5) is 2.54. The third-order valence-electron chi connectivity index (χ3n) is 4.54. The second-order valence-electron chi connectivity index (χ2n) is 5.86. The van der Waals surface area contributed by atoms with Crippen molar-refractivity contribution < 1.29 is 4.74 Å². The predicted octanol–water partition coefficient (Wildman–Crippen LogP) is 4.60. The predicted molar refractivity (Wildman–Crippen MR) is 89.8 cm³/mol. The Morgan fingerprint density at radius 3 is 2.19 bits per heavy atom. The number of nitrogens with zero attached hydrogens (tertiary/aromatic N) is 1. The van der Waals surface area contributed by atoms with E-state index in [1.807, 2.05) is 13.8 Å². The molecule has 1 spiro atoms. The van der Waals surface area contributed by atoms with Crippen LogP contribution >= 0.6 is 11.6 Å². The Hall–Kier alpha value is -0.570. The molecule has 3 rings (SSSR count). The maximum atomic E-state index is 5.97. The molecule has 2 heterocycles. The van der Waals surface area contributed by atoms with Gasteiger partial charge in [0.1, 0.15) is 0 Å². The lowest BCUT2D eigenvalue weighted by Gasteiger charge is -2.38. The van der Waals surface area contributed by atoms with Crippen molar-refractivity contribution in [2.45, 2.75) is 57.6 Å². The maximum absolute atomic E-state index is 5.97. The smallest absolute Gasteiger partial charge is 0.0707 e. The van der Waals surface area contributed by atoms with Crippen LogP contribution in [0.1, 0.15) is 50.7 Å². The normalized spacial score (nSPS) is 21.1. The molecule has 1 aromatic carbocycles. The Kier molecular flexibility index (Phi) is 6.53. The molecule has 0 aliphatic carbocycles. The van der Waals surface area contributed by atoms with E-state index in [2.05, 4.69) is 29.2 Å². The molecule has 2 nitrogen and oxygen atoms in total. The van der Waals surface area contributed by atoms with E-state index in [1.165, 1.54) is 36.8 Å². The number of alkyl halides is 1. The number of hydrogen-bond donors (Lipinski definition) is 0. The van der Waals surface area contributed by atoms with Gasteiger partial charge >= 0.3 is 0 Å². The zero-order valence-electron chi connectivity index (χ0n) is 13.4. The van der Waals surface area contributed by atoms with Crippen molar-refractivity contribution in [3.05, 3.63) is 35.4 Å². The SMILES string of the molecule is CC.ClCc1ccc(CN2CCC3(CCCO3)CC2)cc1. The van der Waals surface area contributed by atoms with Crippen LogP contribution < -0.4 is 0 Å². The monoisotopic (exact) mass is 309 g/mol. The van der Waals surface area contributed by atoms with E-state index in [4.69, 9.17) is 16.3 Å². The summed E-state index contributed by atoms with van der Waals surface area (Å²) in [7, 11) is 0. The summed E-state index contributed by atoms with van der Waals surface area (Å²) in [5.41, 5.74) is 2.82. The van der Waals surface area contributed by atoms with Gasteiger partial charge in [0.25, 0.3) is 0 Å². The second kappa shape index (κ2) is 8.17. The number of piperidine rings is 1. The first-order chi connectivity index (χ1) is 10.3. The van der Waals surface area contributed by atoms with Crippen LogP contribution in [0.25, 0.3) is 0 Å². The van der Waals surface area contributed by atoms with Crippen LogP contribution in [-0.4, -0.2) is 30.2 Å². The molecular formula is C18H28ClNO. The van der Waals surface area contributed by atoms with E-state index in [0.29, 0.717) is 5.88 Å². The van der Waals surface area contributed by atoms with Crippen LogP contribution in [0.5, 0.6) is 0 Å². The summed E-state index contributed by atoms with van der Waals surface area (Å²) in [6, 6.07) is 8.67. The first-order valence-electron chi connectivity index (χ1n) is 8.30. The molecule has 0 aromatic heterocycles. The highest BCUT2D eigenvalue weighted by Gasteiger charge is 2.38. The fourth-order valence-electron chi connectivity index (χ4n) is 3.26. The summed E-state index contributed by atoms with van der Waals surface area (Å²) in [5.74, 6) is 0.601. The molecule has 0 atom stereocenters. The summed E-state index contributed by atoms with van der Waals surface area (Å²) in [6.45, 7) is 8.35. The number of benzene rings is 1. The van der Waals surface area contributed by atoms with Gasteiger partial charge in [-0.05, 0) is 36.8 Å². The molecular weight excluding hydrogens is 282 g/mol. The first-order valence-corrected chi connectivity index (χ1v) is 8.83. The molecule has 0 saturated carbocycles. The van der Waals surface area contributed by atoms with Gasteiger partial charge < -0.3 is 4.74 Å². The average molecular weight is 310 g/mol. The Morgan fingerprint density at radius 1 is 1.05 bits per heavy atom. The van der Waals surface area contributed by atoms with Gasteiger partial charge in [-0.25, -0.2) is 0 Å². The van der Waals surface area contributed by atoms with Gasteiger partial charge in [0.05, 0.1) is 5.60 Å². The van der Waals surface area contributed by atoms with Gasteiger partial charge in [-0.15, -0.1) is 11.6 Å². The van der Waals surface area contributed by atoms with Gasteiger partial charge in [0, 0.05) is 32.1 Å². The molecule has 3 heteroatoms. The Bertz CT molecular complexity index is 402. The fourth-order valence-corrected chi connectivity index (χ4v) is 3.44. The average Bonchev–Trinajstić information content (AvgIpc) is 3.01. The molecule has 1 aromatic rings. The Morgan fingerprint density at radius 2 is 1.67 bits per heavy atom. The lowest BCUT2D eigenvalue weighted by atomic mass is 9.88. The molecule has 0 radical (unpaired) electrons. The topological polar surface area (TPSA) is 12.5 Å². The lowest BCUT2D eigenvalue weighted by molar-refractivity contribution is -0.0447. The molecule has 21 heavy (non-hydrogen) atoms. The zero-order chi connectivity index (χ0) is 15.1. The highest BCUT2D eigenvalue weighted by Crippen LogP contribution is 2.35. The Balaban J connectivity index is 0.000000774. The number of halogens is 1. The number of ether oxygens (including phenoxy) is 1. The minimum Gasteiger partial charge on any atom is -0.375 e. The minimum absolute atomic E-state index is 0.235. The summed E-state index contributed by atoms with van der Waals surface area (Å²) in [5, 5.41) is 0. The van der Waals surface area contributed by atoms with Crippen molar-refractivity contribution in [1.82, 2.24) is 4.90 Å². The van der Waals surface area contributed by atoms with E-state index >= 15 is 0 Å². The van der Waals surface area contributed by atoms with Crippen LogP contribution in [0.3, 0.4) is 0 Å². The molecule has 0 N–H and O–H groups in total. The highest BCUT2D eigenvalue weighted by atomic mass is 35.5. The highest BCUT2D eigenvalue weighted by molar-refractivity contribution is 6.17. The molecule has 2 aliphatic rings. The van der Waals surface area contributed by atoms with Gasteiger partial charge in [-0.2, -0.15) is 0 Å².